The number of amides is 2. The number of thiazole rings is 1. The normalized spacial score (nSPS) is 20.7. The number of nitrogens with one attached hydrogen (secondary N) is 2. The van der Waals surface area contributed by atoms with Gasteiger partial charge in [-0.15, -0.1) is 36.2 Å². The van der Waals surface area contributed by atoms with Crippen molar-refractivity contribution in [3.63, 3.8) is 0 Å². The van der Waals surface area contributed by atoms with E-state index in [0.717, 1.165) is 32.4 Å². The van der Waals surface area contributed by atoms with Gasteiger partial charge in [0.15, 0.2) is 5.13 Å². The molecule has 0 aliphatic carbocycles. The summed E-state index contributed by atoms with van der Waals surface area (Å²) in [5, 5.41) is 8.52. The Balaban J connectivity index is 0.00000140. The van der Waals surface area contributed by atoms with Crippen LogP contribution in [0.4, 0.5) is 5.13 Å². The lowest BCUT2D eigenvalue weighted by atomic mass is 10.1. The second kappa shape index (κ2) is 9.73. The highest BCUT2D eigenvalue weighted by Crippen LogP contribution is 2.29. The van der Waals surface area contributed by atoms with Gasteiger partial charge in [0, 0.05) is 24.0 Å². The summed E-state index contributed by atoms with van der Waals surface area (Å²) in [5.74, 6) is 0.454. The van der Waals surface area contributed by atoms with Gasteiger partial charge in [-0.2, -0.15) is 0 Å². The summed E-state index contributed by atoms with van der Waals surface area (Å²) in [6.45, 7) is 3.60. The minimum absolute atomic E-state index is 0. The molecule has 2 bridgehead atoms. The van der Waals surface area contributed by atoms with Gasteiger partial charge >= 0.3 is 0 Å². The van der Waals surface area contributed by atoms with Crippen molar-refractivity contribution in [2.45, 2.75) is 44.7 Å². The van der Waals surface area contributed by atoms with Crippen LogP contribution in [0.1, 0.15) is 41.1 Å². The highest BCUT2D eigenvalue weighted by molar-refractivity contribution is 7.14. The molecule has 4 rings (SSSR count). The average molecular weight is 447 g/mol. The number of aryl methyl sites for hydroxylation is 1. The summed E-state index contributed by atoms with van der Waals surface area (Å²) in [7, 11) is 0. The van der Waals surface area contributed by atoms with Gasteiger partial charge in [-0.1, -0.05) is 0 Å². The van der Waals surface area contributed by atoms with Crippen molar-refractivity contribution < 1.29 is 14.0 Å². The van der Waals surface area contributed by atoms with Crippen LogP contribution in [0.15, 0.2) is 22.1 Å². The first-order valence-electron chi connectivity index (χ1n) is 8.93. The van der Waals surface area contributed by atoms with Crippen LogP contribution in [0.3, 0.4) is 0 Å². The molecule has 0 spiro atoms. The first-order chi connectivity index (χ1) is 12.6. The van der Waals surface area contributed by atoms with E-state index < -0.39 is 0 Å². The van der Waals surface area contributed by atoms with Crippen LogP contribution in [-0.2, 0) is 11.2 Å². The number of carbonyl (C=O) groups is 2. The molecule has 2 aliphatic rings. The molecule has 7 nitrogen and oxygen atoms in total. The molecule has 28 heavy (non-hydrogen) atoms. The quantitative estimate of drug-likeness (QED) is 0.753. The molecule has 4 heterocycles. The number of fused-ring (bicyclic) bond motifs is 2. The smallest absolute Gasteiger partial charge is 0.260 e. The van der Waals surface area contributed by atoms with Crippen molar-refractivity contribution in [3.8, 4) is 0 Å². The van der Waals surface area contributed by atoms with Crippen molar-refractivity contribution in [2.75, 3.05) is 18.4 Å². The third-order valence-corrected chi connectivity index (χ3v) is 5.96. The SMILES string of the molecule is Cc1occc1C(=O)Nc1nc(CC(=O)N2C3CCNCC2CC3)cs1.Cl.Cl. The molecular weight excluding hydrogens is 423 g/mol. The van der Waals surface area contributed by atoms with Crippen molar-refractivity contribution in [1.29, 1.82) is 0 Å². The molecule has 2 aliphatic heterocycles. The molecule has 10 heteroatoms. The molecule has 2 aromatic rings. The first kappa shape index (κ1) is 22.7. The summed E-state index contributed by atoms with van der Waals surface area (Å²) in [5.41, 5.74) is 1.20. The number of halogens is 2. The zero-order valence-corrected chi connectivity index (χ0v) is 17.9. The lowest BCUT2D eigenvalue weighted by Gasteiger charge is -2.27. The second-order valence-corrected chi connectivity index (χ2v) is 7.70. The van der Waals surface area contributed by atoms with Gasteiger partial charge < -0.3 is 14.6 Å². The van der Waals surface area contributed by atoms with Gasteiger partial charge in [-0.25, -0.2) is 4.98 Å². The first-order valence-corrected chi connectivity index (χ1v) is 9.81. The minimum Gasteiger partial charge on any atom is -0.469 e. The molecule has 0 aromatic carbocycles. The summed E-state index contributed by atoms with van der Waals surface area (Å²) in [6.07, 6.45) is 4.96. The number of hydrogen-bond acceptors (Lipinski definition) is 6. The third-order valence-electron chi connectivity index (χ3n) is 5.15. The molecule has 2 aromatic heterocycles. The number of furan rings is 1. The van der Waals surface area contributed by atoms with E-state index in [9.17, 15) is 9.59 Å². The van der Waals surface area contributed by atoms with E-state index in [4.69, 9.17) is 4.42 Å². The van der Waals surface area contributed by atoms with Crippen LogP contribution in [-0.4, -0.2) is 46.9 Å². The van der Waals surface area contributed by atoms with Gasteiger partial charge in [-0.05, 0) is 38.8 Å². The molecule has 2 N–H and O–H groups in total. The van der Waals surface area contributed by atoms with E-state index in [1.54, 1.807) is 13.0 Å². The molecule has 0 radical (unpaired) electrons. The minimum atomic E-state index is -0.250. The Kier molecular flexibility index (Phi) is 7.88. The van der Waals surface area contributed by atoms with Crippen molar-refractivity contribution >= 4 is 53.1 Å². The predicted molar refractivity (Wildman–Crippen MR) is 113 cm³/mol. The van der Waals surface area contributed by atoms with Gasteiger partial charge in [0.25, 0.3) is 5.91 Å². The fourth-order valence-electron chi connectivity index (χ4n) is 3.87. The van der Waals surface area contributed by atoms with Gasteiger partial charge in [0.05, 0.1) is 23.9 Å². The van der Waals surface area contributed by atoms with Gasteiger partial charge in [0.2, 0.25) is 5.91 Å². The second-order valence-electron chi connectivity index (χ2n) is 6.84. The van der Waals surface area contributed by atoms with Crippen molar-refractivity contribution in [2.24, 2.45) is 0 Å². The van der Waals surface area contributed by atoms with E-state index in [2.05, 4.69) is 20.5 Å². The van der Waals surface area contributed by atoms with E-state index in [-0.39, 0.29) is 43.0 Å². The average Bonchev–Trinajstić information content (AvgIpc) is 3.26. The number of rotatable bonds is 4. The van der Waals surface area contributed by atoms with Crippen LogP contribution in [0.2, 0.25) is 0 Å². The van der Waals surface area contributed by atoms with Crippen LogP contribution in [0.25, 0.3) is 0 Å². The zero-order valence-electron chi connectivity index (χ0n) is 15.5. The third kappa shape index (κ3) is 4.68. The van der Waals surface area contributed by atoms with Gasteiger partial charge in [-0.3, -0.25) is 14.9 Å². The number of carbonyl (C=O) groups excluding carboxylic acids is 2. The Morgan fingerprint density at radius 3 is 2.86 bits per heavy atom. The molecule has 2 atom stereocenters. The van der Waals surface area contributed by atoms with E-state index >= 15 is 0 Å². The molecule has 0 saturated carbocycles. The highest BCUT2D eigenvalue weighted by Gasteiger charge is 2.37. The molecule has 2 saturated heterocycles. The van der Waals surface area contributed by atoms with Crippen LogP contribution in [0.5, 0.6) is 0 Å². The fraction of sp³-hybridized carbons (Fsp3) is 0.500. The van der Waals surface area contributed by atoms with Gasteiger partial charge in [0.1, 0.15) is 5.76 Å². The monoisotopic (exact) mass is 446 g/mol. The number of nitrogens with zero attached hydrogens (tertiary/aromatic N) is 2. The Labute approximate surface area is 180 Å². The highest BCUT2D eigenvalue weighted by atomic mass is 35.5. The van der Waals surface area contributed by atoms with Crippen molar-refractivity contribution in [1.82, 2.24) is 15.2 Å². The number of aromatic nitrogens is 1. The molecular formula is C18H24Cl2N4O3S. The topological polar surface area (TPSA) is 87.5 Å². The molecule has 154 valence electrons. The number of hydrogen-bond donors (Lipinski definition) is 2. The lowest BCUT2D eigenvalue weighted by molar-refractivity contribution is -0.133. The van der Waals surface area contributed by atoms with Crippen LogP contribution < -0.4 is 10.6 Å². The Morgan fingerprint density at radius 2 is 2.11 bits per heavy atom. The Morgan fingerprint density at radius 1 is 1.32 bits per heavy atom. The maximum absolute atomic E-state index is 12.8. The predicted octanol–water partition coefficient (Wildman–Crippen LogP) is 3.04. The molecule has 2 unspecified atom stereocenters. The van der Waals surface area contributed by atoms with E-state index in [1.807, 2.05) is 5.38 Å². The largest absolute Gasteiger partial charge is 0.469 e. The van der Waals surface area contributed by atoms with Crippen LogP contribution in [0, 0.1) is 6.92 Å². The lowest BCUT2D eigenvalue weighted by Crippen LogP contribution is -2.43. The summed E-state index contributed by atoms with van der Waals surface area (Å²) >= 11 is 1.33. The van der Waals surface area contributed by atoms with E-state index in [0.29, 0.717) is 34.2 Å². The number of anilines is 1. The van der Waals surface area contributed by atoms with E-state index in [1.165, 1.54) is 17.6 Å². The Bertz CT molecular complexity index is 811. The fourth-order valence-corrected chi connectivity index (χ4v) is 4.57. The van der Waals surface area contributed by atoms with Crippen molar-refractivity contribution in [3.05, 3.63) is 34.7 Å². The summed E-state index contributed by atoms with van der Waals surface area (Å²) in [6, 6.07) is 2.28. The standard InChI is InChI=1S/C18H22N4O3S.2ClH/c1-11-15(5-7-25-11)17(24)21-18-20-12(10-26-18)8-16(23)22-13-2-3-14(22)9-19-6-4-13;;/h5,7,10,13-14,19H,2-4,6,8-9H2,1H3,(H,20,21,24);2*1H. The Hall–Kier alpha value is -1.61. The maximum atomic E-state index is 12.8. The molecule has 2 amide bonds. The molecule has 2 fully saturated rings. The summed E-state index contributed by atoms with van der Waals surface area (Å²) < 4.78 is 5.15. The summed E-state index contributed by atoms with van der Waals surface area (Å²) in [4.78, 5) is 31.5. The van der Waals surface area contributed by atoms with Crippen LogP contribution >= 0.6 is 36.2 Å². The maximum Gasteiger partial charge on any atom is 0.260 e. The zero-order chi connectivity index (χ0) is 18.1.